The summed E-state index contributed by atoms with van der Waals surface area (Å²) in [6, 6.07) is 3.96. The Morgan fingerprint density at radius 3 is 3.00 bits per heavy atom. The van der Waals surface area contributed by atoms with Crippen molar-refractivity contribution < 1.29 is 0 Å². The van der Waals surface area contributed by atoms with Crippen LogP contribution in [0.4, 0.5) is 0 Å². The Hall–Kier alpha value is -1.48. The number of rotatable bonds is 1. The smallest absolute Gasteiger partial charge is 0.0618 e. The van der Waals surface area contributed by atoms with Gasteiger partial charge in [-0.05, 0) is 19.1 Å². The van der Waals surface area contributed by atoms with Crippen LogP contribution in [0.15, 0.2) is 24.5 Å². The first-order valence-electron chi connectivity index (χ1n) is 4.21. The summed E-state index contributed by atoms with van der Waals surface area (Å²) >= 11 is 0. The van der Waals surface area contributed by atoms with Gasteiger partial charge in [-0.2, -0.15) is 0 Å². The van der Waals surface area contributed by atoms with Gasteiger partial charge < -0.3 is 5.73 Å². The summed E-state index contributed by atoms with van der Waals surface area (Å²) in [7, 11) is 0. The van der Waals surface area contributed by atoms with Gasteiger partial charge in [-0.15, -0.1) is 0 Å². The van der Waals surface area contributed by atoms with Crippen LogP contribution in [0.2, 0.25) is 0 Å². The molecule has 0 aromatic carbocycles. The van der Waals surface area contributed by atoms with Crippen LogP contribution in [-0.4, -0.2) is 9.97 Å². The number of aryl methyl sites for hydroxylation is 1. The van der Waals surface area contributed by atoms with Gasteiger partial charge in [0.1, 0.15) is 0 Å². The van der Waals surface area contributed by atoms with Crippen molar-refractivity contribution in [1.82, 2.24) is 9.97 Å². The fraction of sp³-hybridized carbons (Fsp3) is 0.200. The summed E-state index contributed by atoms with van der Waals surface area (Å²) in [5, 5.41) is 2.21. The molecule has 13 heavy (non-hydrogen) atoms. The Balaban J connectivity index is 2.79. The van der Waals surface area contributed by atoms with Crippen molar-refractivity contribution in [2.75, 3.05) is 0 Å². The summed E-state index contributed by atoms with van der Waals surface area (Å²) in [6.45, 7) is 2.44. The molecule has 2 heterocycles. The Labute approximate surface area is 76.6 Å². The monoisotopic (exact) mass is 173 g/mol. The fourth-order valence-electron chi connectivity index (χ4n) is 1.39. The molecule has 0 unspecified atom stereocenters. The van der Waals surface area contributed by atoms with E-state index in [1.165, 1.54) is 0 Å². The Bertz CT molecular complexity index is 437. The molecule has 0 aliphatic rings. The first-order chi connectivity index (χ1) is 6.31. The average Bonchev–Trinajstić information content (AvgIpc) is 2.17. The van der Waals surface area contributed by atoms with Crippen LogP contribution in [-0.2, 0) is 6.54 Å². The highest BCUT2D eigenvalue weighted by Crippen LogP contribution is 2.15. The SMILES string of the molecule is Cc1cc2c(CN)nccc2cn1. The van der Waals surface area contributed by atoms with Crippen LogP contribution in [0.1, 0.15) is 11.4 Å². The van der Waals surface area contributed by atoms with E-state index in [0.29, 0.717) is 6.54 Å². The van der Waals surface area contributed by atoms with Crippen molar-refractivity contribution in [3.8, 4) is 0 Å². The molecule has 0 fully saturated rings. The van der Waals surface area contributed by atoms with Gasteiger partial charge in [0.2, 0.25) is 0 Å². The minimum atomic E-state index is 0.473. The zero-order valence-electron chi connectivity index (χ0n) is 7.49. The molecule has 0 spiro atoms. The van der Waals surface area contributed by atoms with Crippen molar-refractivity contribution in [2.45, 2.75) is 13.5 Å². The summed E-state index contributed by atoms with van der Waals surface area (Å²) in [6.07, 6.45) is 3.62. The normalized spacial score (nSPS) is 10.6. The second-order valence-corrected chi connectivity index (χ2v) is 3.01. The highest BCUT2D eigenvalue weighted by Gasteiger charge is 2.00. The first-order valence-corrected chi connectivity index (χ1v) is 4.21. The molecule has 2 aromatic heterocycles. The second kappa shape index (κ2) is 3.11. The zero-order valence-corrected chi connectivity index (χ0v) is 7.49. The second-order valence-electron chi connectivity index (χ2n) is 3.01. The van der Waals surface area contributed by atoms with E-state index in [1.807, 2.05) is 25.3 Å². The number of nitrogens with zero attached hydrogens (tertiary/aromatic N) is 2. The molecule has 0 saturated carbocycles. The van der Waals surface area contributed by atoms with Crippen LogP contribution in [0.25, 0.3) is 10.8 Å². The molecule has 3 heteroatoms. The number of hydrogen-bond donors (Lipinski definition) is 1. The van der Waals surface area contributed by atoms with E-state index < -0.39 is 0 Å². The highest BCUT2D eigenvalue weighted by atomic mass is 14.7. The number of pyridine rings is 2. The molecular weight excluding hydrogens is 162 g/mol. The lowest BCUT2D eigenvalue weighted by Gasteiger charge is -2.02. The lowest BCUT2D eigenvalue weighted by molar-refractivity contribution is 1.01. The van der Waals surface area contributed by atoms with Gasteiger partial charge in [-0.25, -0.2) is 0 Å². The summed E-state index contributed by atoms with van der Waals surface area (Å²) in [4.78, 5) is 8.43. The van der Waals surface area contributed by atoms with Crippen molar-refractivity contribution in [3.05, 3.63) is 35.9 Å². The maximum absolute atomic E-state index is 5.58. The maximum Gasteiger partial charge on any atom is 0.0618 e. The molecule has 2 aromatic rings. The fourth-order valence-corrected chi connectivity index (χ4v) is 1.39. The molecule has 0 amide bonds. The van der Waals surface area contributed by atoms with Gasteiger partial charge >= 0.3 is 0 Å². The number of nitrogens with two attached hydrogens (primary N) is 1. The lowest BCUT2D eigenvalue weighted by atomic mass is 10.1. The van der Waals surface area contributed by atoms with Gasteiger partial charge in [0.05, 0.1) is 5.69 Å². The topological polar surface area (TPSA) is 51.8 Å². The van der Waals surface area contributed by atoms with Gasteiger partial charge in [0.15, 0.2) is 0 Å². The number of aromatic nitrogens is 2. The molecule has 0 aliphatic heterocycles. The van der Waals surface area contributed by atoms with Crippen LogP contribution in [0.5, 0.6) is 0 Å². The van der Waals surface area contributed by atoms with Gasteiger partial charge in [-0.3, -0.25) is 9.97 Å². The van der Waals surface area contributed by atoms with Gasteiger partial charge in [0.25, 0.3) is 0 Å². The number of fused-ring (bicyclic) bond motifs is 1. The summed E-state index contributed by atoms with van der Waals surface area (Å²) in [5.74, 6) is 0. The van der Waals surface area contributed by atoms with Crippen molar-refractivity contribution in [2.24, 2.45) is 5.73 Å². The minimum absolute atomic E-state index is 0.473. The third-order valence-corrected chi connectivity index (χ3v) is 2.06. The van der Waals surface area contributed by atoms with Crippen LogP contribution in [0, 0.1) is 6.92 Å². The predicted octanol–water partition coefficient (Wildman–Crippen LogP) is 1.40. The predicted molar refractivity (Wildman–Crippen MR) is 52.2 cm³/mol. The summed E-state index contributed by atoms with van der Waals surface area (Å²) in [5.41, 5.74) is 7.51. The minimum Gasteiger partial charge on any atom is -0.325 e. The molecule has 0 radical (unpaired) electrons. The highest BCUT2D eigenvalue weighted by molar-refractivity contribution is 5.83. The molecule has 0 atom stereocenters. The van der Waals surface area contributed by atoms with E-state index in [4.69, 9.17) is 5.73 Å². The molecule has 3 nitrogen and oxygen atoms in total. The first kappa shape index (κ1) is 8.13. The lowest BCUT2D eigenvalue weighted by Crippen LogP contribution is -2.00. The standard InChI is InChI=1S/C10H11N3/c1-7-4-9-8(6-13-7)2-3-12-10(9)5-11/h2-4,6H,5,11H2,1H3. The maximum atomic E-state index is 5.58. The number of hydrogen-bond acceptors (Lipinski definition) is 3. The van der Waals surface area contributed by atoms with E-state index >= 15 is 0 Å². The quantitative estimate of drug-likeness (QED) is 0.709. The van der Waals surface area contributed by atoms with Gasteiger partial charge in [0, 0.05) is 35.4 Å². The Morgan fingerprint density at radius 1 is 1.38 bits per heavy atom. The van der Waals surface area contributed by atoms with Crippen LogP contribution < -0.4 is 5.73 Å². The van der Waals surface area contributed by atoms with Crippen molar-refractivity contribution in [1.29, 1.82) is 0 Å². The molecule has 66 valence electrons. The molecule has 2 N–H and O–H groups in total. The molecular formula is C10H11N3. The van der Waals surface area contributed by atoms with Crippen LogP contribution >= 0.6 is 0 Å². The Kier molecular flexibility index (Phi) is 1.94. The summed E-state index contributed by atoms with van der Waals surface area (Å²) < 4.78 is 0. The van der Waals surface area contributed by atoms with E-state index in [1.54, 1.807) is 6.20 Å². The average molecular weight is 173 g/mol. The van der Waals surface area contributed by atoms with Gasteiger partial charge in [-0.1, -0.05) is 0 Å². The Morgan fingerprint density at radius 2 is 2.23 bits per heavy atom. The zero-order chi connectivity index (χ0) is 9.26. The third-order valence-electron chi connectivity index (χ3n) is 2.06. The van der Waals surface area contributed by atoms with E-state index in [9.17, 15) is 0 Å². The van der Waals surface area contributed by atoms with Crippen molar-refractivity contribution >= 4 is 10.8 Å². The third kappa shape index (κ3) is 1.38. The molecule has 0 aliphatic carbocycles. The van der Waals surface area contributed by atoms with E-state index in [2.05, 4.69) is 9.97 Å². The molecule has 0 saturated heterocycles. The van der Waals surface area contributed by atoms with Crippen LogP contribution in [0.3, 0.4) is 0 Å². The molecule has 0 bridgehead atoms. The van der Waals surface area contributed by atoms with E-state index in [0.717, 1.165) is 22.2 Å². The largest absolute Gasteiger partial charge is 0.325 e. The van der Waals surface area contributed by atoms with Crippen molar-refractivity contribution in [3.63, 3.8) is 0 Å². The van der Waals surface area contributed by atoms with E-state index in [-0.39, 0.29) is 0 Å². The molecule has 2 rings (SSSR count).